The molecule has 0 aromatic carbocycles. The van der Waals surface area contributed by atoms with Crippen molar-refractivity contribution in [3.8, 4) is 0 Å². The second-order valence-corrected chi connectivity index (χ2v) is 5.77. The van der Waals surface area contributed by atoms with E-state index in [-0.39, 0.29) is 0 Å². The molecule has 1 atom stereocenters. The van der Waals surface area contributed by atoms with Crippen LogP contribution in [-0.4, -0.2) is 26.1 Å². The van der Waals surface area contributed by atoms with Crippen LogP contribution in [0, 0.1) is 5.92 Å². The van der Waals surface area contributed by atoms with E-state index < -0.39 is 0 Å². The summed E-state index contributed by atoms with van der Waals surface area (Å²) in [5.41, 5.74) is 2.41. The molecule has 0 aliphatic heterocycles. The van der Waals surface area contributed by atoms with Gasteiger partial charge in [-0.05, 0) is 43.4 Å². The third kappa shape index (κ3) is 3.10. The average Bonchev–Trinajstić information content (AvgIpc) is 3.03. The van der Waals surface area contributed by atoms with Gasteiger partial charge in [-0.3, -0.25) is 4.68 Å². The number of nitrogens with one attached hydrogen (secondary N) is 1. The molecule has 20 heavy (non-hydrogen) atoms. The Balaban J connectivity index is 1.68. The molecule has 1 aliphatic carbocycles. The molecule has 2 heterocycles. The van der Waals surface area contributed by atoms with E-state index in [1.165, 1.54) is 24.8 Å². The lowest BCUT2D eigenvalue weighted by Crippen LogP contribution is -2.23. The molecule has 5 nitrogen and oxygen atoms in total. The van der Waals surface area contributed by atoms with Crippen LogP contribution in [-0.2, 0) is 13.6 Å². The van der Waals surface area contributed by atoms with Crippen molar-refractivity contribution in [3.63, 3.8) is 0 Å². The van der Waals surface area contributed by atoms with Crippen molar-refractivity contribution in [2.75, 3.05) is 6.54 Å². The lowest BCUT2D eigenvalue weighted by Gasteiger charge is -2.16. The lowest BCUT2D eigenvalue weighted by molar-refractivity contribution is 0.480. The van der Waals surface area contributed by atoms with Crippen LogP contribution in [0.2, 0.25) is 0 Å². The largest absolute Gasteiger partial charge is 0.348 e. The van der Waals surface area contributed by atoms with Gasteiger partial charge in [0.25, 0.3) is 0 Å². The van der Waals surface area contributed by atoms with Gasteiger partial charge < -0.3 is 9.88 Å². The van der Waals surface area contributed by atoms with Gasteiger partial charge in [0.1, 0.15) is 5.69 Å². The zero-order chi connectivity index (χ0) is 13.9. The van der Waals surface area contributed by atoms with Crippen LogP contribution in [0.3, 0.4) is 0 Å². The number of nitrogens with zero attached hydrogens (tertiary/aromatic N) is 4. The van der Waals surface area contributed by atoms with Crippen LogP contribution in [0.4, 0.5) is 0 Å². The normalized spacial score (nSPS) is 16.5. The highest BCUT2D eigenvalue weighted by Crippen LogP contribution is 2.41. The third-order valence-electron chi connectivity index (χ3n) is 3.83. The maximum absolute atomic E-state index is 4.14. The first-order valence-electron chi connectivity index (χ1n) is 7.50. The first-order chi connectivity index (χ1) is 9.76. The molecule has 0 spiro atoms. The minimum Gasteiger partial charge on any atom is -0.348 e. The second kappa shape index (κ2) is 5.79. The fourth-order valence-electron chi connectivity index (χ4n) is 2.68. The second-order valence-electron chi connectivity index (χ2n) is 5.77. The smallest absolute Gasteiger partial charge is 0.102 e. The molecule has 1 fully saturated rings. The number of aryl methyl sites for hydroxylation is 1. The van der Waals surface area contributed by atoms with E-state index in [4.69, 9.17) is 0 Å². The highest BCUT2D eigenvalue weighted by Gasteiger charge is 2.32. The fourth-order valence-corrected chi connectivity index (χ4v) is 2.68. The van der Waals surface area contributed by atoms with Crippen molar-refractivity contribution < 1.29 is 0 Å². The maximum Gasteiger partial charge on any atom is 0.102 e. The van der Waals surface area contributed by atoms with Gasteiger partial charge in [-0.15, -0.1) is 5.10 Å². The molecule has 2 aromatic heterocycles. The Hall–Kier alpha value is -1.62. The number of aromatic nitrogens is 4. The highest BCUT2D eigenvalue weighted by molar-refractivity contribution is 5.19. The van der Waals surface area contributed by atoms with E-state index in [1.54, 1.807) is 4.68 Å². The monoisotopic (exact) mass is 273 g/mol. The number of hydrogen-bond acceptors (Lipinski definition) is 3. The van der Waals surface area contributed by atoms with Gasteiger partial charge in [0.05, 0.1) is 6.54 Å². The Labute approximate surface area is 120 Å². The molecule has 1 aliphatic rings. The van der Waals surface area contributed by atoms with Gasteiger partial charge in [-0.25, -0.2) is 0 Å². The van der Waals surface area contributed by atoms with Crippen molar-refractivity contribution in [3.05, 3.63) is 35.9 Å². The highest BCUT2D eigenvalue weighted by atomic mass is 15.4. The van der Waals surface area contributed by atoms with Gasteiger partial charge in [-0.2, -0.15) is 0 Å². The predicted molar refractivity (Wildman–Crippen MR) is 78.3 cm³/mol. The van der Waals surface area contributed by atoms with E-state index >= 15 is 0 Å². The summed E-state index contributed by atoms with van der Waals surface area (Å²) in [6.45, 7) is 4.10. The number of hydrogen-bond donors (Lipinski definition) is 1. The molecule has 0 saturated heterocycles. The Morgan fingerprint density at radius 3 is 2.90 bits per heavy atom. The van der Waals surface area contributed by atoms with Crippen LogP contribution in [0.15, 0.2) is 24.7 Å². The summed E-state index contributed by atoms with van der Waals surface area (Å²) in [7, 11) is 1.90. The summed E-state index contributed by atoms with van der Waals surface area (Å²) in [6.07, 6.45) is 10.3. The first kappa shape index (κ1) is 13.4. The van der Waals surface area contributed by atoms with Crippen LogP contribution in [0.25, 0.3) is 0 Å². The van der Waals surface area contributed by atoms with E-state index in [9.17, 15) is 0 Å². The van der Waals surface area contributed by atoms with Crippen molar-refractivity contribution in [1.29, 1.82) is 0 Å². The molecule has 1 unspecified atom stereocenters. The Bertz CT molecular complexity index is 552. The summed E-state index contributed by atoms with van der Waals surface area (Å²) in [4.78, 5) is 0. The lowest BCUT2D eigenvalue weighted by atomic mass is 10.1. The quantitative estimate of drug-likeness (QED) is 0.840. The first-order valence-corrected chi connectivity index (χ1v) is 7.50. The Morgan fingerprint density at radius 2 is 2.25 bits per heavy atom. The summed E-state index contributed by atoms with van der Waals surface area (Å²) >= 11 is 0. The van der Waals surface area contributed by atoms with Gasteiger partial charge in [-0.1, -0.05) is 12.1 Å². The van der Waals surface area contributed by atoms with E-state index in [0.29, 0.717) is 6.04 Å². The average molecular weight is 273 g/mol. The molecule has 1 saturated carbocycles. The molecule has 2 aromatic rings. The molecular weight excluding hydrogens is 250 g/mol. The Morgan fingerprint density at radius 1 is 1.40 bits per heavy atom. The molecular formula is C15H23N5. The Kier molecular flexibility index (Phi) is 3.87. The third-order valence-corrected chi connectivity index (χ3v) is 3.83. The fraction of sp³-hybridized carbons (Fsp3) is 0.600. The molecule has 5 heteroatoms. The van der Waals surface area contributed by atoms with Gasteiger partial charge in [0, 0.05) is 31.7 Å². The van der Waals surface area contributed by atoms with Gasteiger partial charge in [0.15, 0.2) is 0 Å². The molecule has 0 radical (unpaired) electrons. The van der Waals surface area contributed by atoms with E-state index in [0.717, 1.165) is 24.7 Å². The topological polar surface area (TPSA) is 47.7 Å². The summed E-state index contributed by atoms with van der Waals surface area (Å²) in [5.74, 6) is 0.828. The zero-order valence-electron chi connectivity index (χ0n) is 12.3. The van der Waals surface area contributed by atoms with Crippen LogP contribution in [0.5, 0.6) is 0 Å². The van der Waals surface area contributed by atoms with Crippen molar-refractivity contribution >= 4 is 0 Å². The SMILES string of the molecule is CCCNC(c1ccn(Cc2cn(C)nn2)c1)C1CC1. The molecule has 0 amide bonds. The van der Waals surface area contributed by atoms with Gasteiger partial charge in [0.2, 0.25) is 0 Å². The van der Waals surface area contributed by atoms with Crippen molar-refractivity contribution in [1.82, 2.24) is 24.9 Å². The molecule has 1 N–H and O–H groups in total. The van der Waals surface area contributed by atoms with Crippen molar-refractivity contribution in [2.45, 2.75) is 38.8 Å². The molecule has 0 bridgehead atoms. The van der Waals surface area contributed by atoms with Crippen LogP contribution < -0.4 is 5.32 Å². The van der Waals surface area contributed by atoms with Crippen LogP contribution >= 0.6 is 0 Å². The van der Waals surface area contributed by atoms with Crippen molar-refractivity contribution in [2.24, 2.45) is 13.0 Å². The molecule has 108 valence electrons. The van der Waals surface area contributed by atoms with E-state index in [2.05, 4.69) is 45.6 Å². The van der Waals surface area contributed by atoms with Gasteiger partial charge >= 0.3 is 0 Å². The summed E-state index contributed by atoms with van der Waals surface area (Å²) < 4.78 is 3.94. The summed E-state index contributed by atoms with van der Waals surface area (Å²) in [6, 6.07) is 2.76. The van der Waals surface area contributed by atoms with E-state index in [1.807, 2.05) is 13.2 Å². The minimum atomic E-state index is 0.526. The van der Waals surface area contributed by atoms with Crippen LogP contribution in [0.1, 0.15) is 43.5 Å². The predicted octanol–water partition coefficient (Wildman–Crippen LogP) is 2.12. The standard InChI is InChI=1S/C15H23N5/c1-3-7-16-15(12-4-5-12)13-6-8-20(9-13)11-14-10-19(2)18-17-14/h6,8-10,12,15-16H,3-5,7,11H2,1-2H3. The maximum atomic E-state index is 4.14. The zero-order valence-corrected chi connectivity index (χ0v) is 12.3. The summed E-state index contributed by atoms with van der Waals surface area (Å²) in [5, 5.41) is 11.8. The number of rotatable bonds is 7. The minimum absolute atomic E-state index is 0.526. The molecule has 3 rings (SSSR count).